The molecule has 0 saturated heterocycles. The Morgan fingerprint density at radius 1 is 1.28 bits per heavy atom. The summed E-state index contributed by atoms with van der Waals surface area (Å²) in [4.78, 5) is 5.01. The summed E-state index contributed by atoms with van der Waals surface area (Å²) in [6.45, 7) is 4.54. The molecule has 0 fully saturated rings. The summed E-state index contributed by atoms with van der Waals surface area (Å²) in [7, 11) is 0. The number of rotatable bonds is 3. The zero-order chi connectivity index (χ0) is 17.4. The molecule has 0 bridgehead atoms. The van der Waals surface area contributed by atoms with Crippen LogP contribution in [-0.4, -0.2) is 27.5 Å². The van der Waals surface area contributed by atoms with E-state index in [1.807, 2.05) is 41.2 Å². The molecule has 124 valence electrons. The Kier molecular flexibility index (Phi) is 3.58. The van der Waals surface area contributed by atoms with Crippen LogP contribution >= 0.6 is 0 Å². The maximum atomic E-state index is 5.78. The lowest BCUT2D eigenvalue weighted by Crippen LogP contribution is -2.30. The molecular weight excluding hydrogens is 310 g/mol. The molecule has 1 aliphatic rings. The van der Waals surface area contributed by atoms with Crippen LogP contribution in [0.4, 0.5) is 0 Å². The summed E-state index contributed by atoms with van der Waals surface area (Å²) in [5.41, 5.74) is 5.04. The summed E-state index contributed by atoms with van der Waals surface area (Å²) >= 11 is 0. The van der Waals surface area contributed by atoms with Gasteiger partial charge in [-0.3, -0.25) is 4.99 Å². The van der Waals surface area contributed by atoms with E-state index in [2.05, 4.69) is 37.0 Å². The Morgan fingerprint density at radius 3 is 3.00 bits per heavy atom. The van der Waals surface area contributed by atoms with Gasteiger partial charge in [-0.2, -0.15) is 5.10 Å². The third-order valence-electron chi connectivity index (χ3n) is 4.38. The van der Waals surface area contributed by atoms with E-state index in [1.54, 1.807) is 0 Å². The minimum Gasteiger partial charge on any atom is -0.481 e. The first kappa shape index (κ1) is 15.5. The zero-order valence-corrected chi connectivity index (χ0v) is 14.4. The Hall–Kier alpha value is -3.06. The van der Waals surface area contributed by atoms with Gasteiger partial charge in [0, 0.05) is 29.3 Å². The van der Waals surface area contributed by atoms with E-state index in [1.165, 1.54) is 0 Å². The minimum absolute atomic E-state index is 0.216. The van der Waals surface area contributed by atoms with Crippen LogP contribution < -0.4 is 4.74 Å². The molecule has 0 spiro atoms. The molecule has 2 aromatic heterocycles. The molecule has 1 aromatic carbocycles. The average molecular weight is 329 g/mol. The van der Waals surface area contributed by atoms with Gasteiger partial charge in [0.05, 0.1) is 23.0 Å². The van der Waals surface area contributed by atoms with Gasteiger partial charge in [0.1, 0.15) is 12.4 Å². The fraction of sp³-hybridized carbons (Fsp3) is 0.238. The van der Waals surface area contributed by atoms with Gasteiger partial charge in [0.15, 0.2) is 0 Å². The van der Waals surface area contributed by atoms with Gasteiger partial charge in [-0.05, 0) is 38.1 Å². The van der Waals surface area contributed by atoms with E-state index in [0.29, 0.717) is 0 Å². The first-order chi connectivity index (χ1) is 12.1. The highest BCUT2D eigenvalue weighted by Gasteiger charge is 2.30. The highest BCUT2D eigenvalue weighted by Crippen LogP contribution is 2.35. The average Bonchev–Trinajstić information content (AvgIpc) is 3.06. The third-order valence-corrected chi connectivity index (χ3v) is 4.38. The van der Waals surface area contributed by atoms with E-state index in [0.717, 1.165) is 40.1 Å². The smallest absolute Gasteiger partial charge is 0.148 e. The fourth-order valence-electron chi connectivity index (χ4n) is 3.34. The summed E-state index contributed by atoms with van der Waals surface area (Å²) in [6, 6.07) is 12.2. The number of ether oxygens (including phenoxy) is 1. The molecule has 0 saturated carbocycles. The van der Waals surface area contributed by atoms with E-state index in [-0.39, 0.29) is 12.1 Å². The van der Waals surface area contributed by atoms with E-state index >= 15 is 0 Å². The zero-order valence-electron chi connectivity index (χ0n) is 14.4. The number of hydrogen-bond acceptors (Lipinski definition) is 3. The van der Waals surface area contributed by atoms with Crippen molar-refractivity contribution in [3.05, 3.63) is 65.5 Å². The number of benzene rings is 1. The summed E-state index contributed by atoms with van der Waals surface area (Å²) in [5.74, 6) is 3.38. The second kappa shape index (κ2) is 5.78. The maximum Gasteiger partial charge on any atom is 0.148 e. The van der Waals surface area contributed by atoms with Gasteiger partial charge < -0.3 is 4.74 Å². The molecule has 0 atom stereocenters. The molecule has 1 aliphatic heterocycles. The maximum absolute atomic E-state index is 5.78. The van der Waals surface area contributed by atoms with Crippen LogP contribution in [0.15, 0.2) is 53.8 Å². The van der Waals surface area contributed by atoms with Crippen LogP contribution in [0.3, 0.4) is 0 Å². The molecule has 25 heavy (non-hydrogen) atoms. The van der Waals surface area contributed by atoms with Crippen molar-refractivity contribution in [2.24, 2.45) is 4.99 Å². The Morgan fingerprint density at radius 2 is 2.16 bits per heavy atom. The first-order valence-corrected chi connectivity index (χ1v) is 8.29. The van der Waals surface area contributed by atoms with Gasteiger partial charge in [0.2, 0.25) is 0 Å². The van der Waals surface area contributed by atoms with Gasteiger partial charge in [0.25, 0.3) is 0 Å². The monoisotopic (exact) mass is 329 g/mol. The summed E-state index contributed by atoms with van der Waals surface area (Å²) in [5, 5.41) is 4.49. The van der Waals surface area contributed by atoms with Crippen molar-refractivity contribution in [2.45, 2.75) is 25.8 Å². The lowest BCUT2D eigenvalue weighted by molar-refractivity contribution is 0.361. The van der Waals surface area contributed by atoms with Gasteiger partial charge in [-0.25, -0.2) is 4.52 Å². The predicted molar refractivity (Wildman–Crippen MR) is 99.4 cm³/mol. The van der Waals surface area contributed by atoms with Crippen LogP contribution in [0, 0.1) is 12.3 Å². The second-order valence-corrected chi connectivity index (χ2v) is 6.85. The number of aliphatic imine (C=N–C) groups is 1. The molecule has 0 unspecified atom stereocenters. The van der Waals surface area contributed by atoms with Gasteiger partial charge >= 0.3 is 0 Å². The molecule has 3 heterocycles. The predicted octanol–water partition coefficient (Wildman–Crippen LogP) is 3.52. The van der Waals surface area contributed by atoms with E-state index in [9.17, 15) is 0 Å². The number of aromatic nitrogens is 2. The molecule has 4 rings (SSSR count). The van der Waals surface area contributed by atoms with Crippen molar-refractivity contribution >= 4 is 11.2 Å². The van der Waals surface area contributed by atoms with Crippen molar-refractivity contribution in [1.29, 1.82) is 0 Å². The van der Waals surface area contributed by atoms with Crippen LogP contribution in [-0.2, 0) is 6.42 Å². The Labute approximate surface area is 147 Å². The van der Waals surface area contributed by atoms with Crippen LogP contribution in [0.5, 0.6) is 5.75 Å². The number of nitrogens with zero attached hydrogens (tertiary/aromatic N) is 3. The minimum atomic E-state index is -0.216. The van der Waals surface area contributed by atoms with Crippen molar-refractivity contribution in [3.63, 3.8) is 0 Å². The van der Waals surface area contributed by atoms with Crippen molar-refractivity contribution in [1.82, 2.24) is 9.61 Å². The molecule has 4 heteroatoms. The highest BCUT2D eigenvalue weighted by atomic mass is 16.5. The summed E-state index contributed by atoms with van der Waals surface area (Å²) < 4.78 is 7.63. The van der Waals surface area contributed by atoms with Gasteiger partial charge in [-0.1, -0.05) is 18.1 Å². The second-order valence-electron chi connectivity index (χ2n) is 6.85. The molecule has 0 amide bonds. The van der Waals surface area contributed by atoms with Crippen LogP contribution in [0.25, 0.3) is 5.52 Å². The molecular formula is C21H19N3O. The Bertz CT molecular complexity index is 1020. The van der Waals surface area contributed by atoms with Crippen LogP contribution in [0.2, 0.25) is 0 Å². The molecule has 0 N–H and O–H groups in total. The number of hydrogen-bond donors (Lipinski definition) is 0. The molecule has 3 aromatic rings. The molecule has 0 aliphatic carbocycles. The van der Waals surface area contributed by atoms with Crippen molar-refractivity contribution in [3.8, 4) is 18.1 Å². The van der Waals surface area contributed by atoms with Crippen molar-refractivity contribution in [2.75, 3.05) is 6.61 Å². The summed E-state index contributed by atoms with van der Waals surface area (Å²) in [6.07, 6.45) is 9.97. The molecule has 0 radical (unpaired) electrons. The number of fused-ring (bicyclic) bond motifs is 2. The van der Waals surface area contributed by atoms with E-state index < -0.39 is 0 Å². The number of terminal acetylenes is 1. The van der Waals surface area contributed by atoms with Crippen molar-refractivity contribution < 1.29 is 4.74 Å². The van der Waals surface area contributed by atoms with E-state index in [4.69, 9.17) is 16.2 Å². The highest BCUT2D eigenvalue weighted by molar-refractivity contribution is 6.15. The third kappa shape index (κ3) is 2.78. The Balaban J connectivity index is 1.88. The lowest BCUT2D eigenvalue weighted by atomic mass is 9.84. The van der Waals surface area contributed by atoms with Crippen LogP contribution in [0.1, 0.15) is 30.5 Å². The SMILES string of the molecule is C#CCOc1cccc2c1CC(C)(C)N=C2c1cnn2cccc2c1. The first-order valence-electron chi connectivity index (χ1n) is 8.29. The quantitative estimate of drug-likeness (QED) is 0.690. The van der Waals surface area contributed by atoms with Gasteiger partial charge in [-0.15, -0.1) is 6.42 Å². The standard InChI is InChI=1S/C21H19N3O/c1-4-11-25-19-9-5-8-17-18(19)13-21(2,3)23-20(17)15-12-16-7-6-10-24(16)22-14-15/h1,5-10,12,14H,11,13H2,2-3H3. The fourth-order valence-corrected chi connectivity index (χ4v) is 3.34. The normalized spacial score (nSPS) is 15.3. The molecule has 4 nitrogen and oxygen atoms in total. The topological polar surface area (TPSA) is 38.9 Å². The lowest BCUT2D eigenvalue weighted by Gasteiger charge is -2.30. The largest absolute Gasteiger partial charge is 0.481 e.